The van der Waals surface area contributed by atoms with E-state index >= 15 is 0 Å². The minimum Gasteiger partial charge on any atom is -0.345 e. The predicted octanol–water partition coefficient (Wildman–Crippen LogP) is 4.10. The zero-order valence-corrected chi connectivity index (χ0v) is 17.2. The molecule has 5 rings (SSSR count). The molecule has 1 saturated carbocycles. The van der Waals surface area contributed by atoms with Gasteiger partial charge in [-0.1, -0.05) is 43.0 Å². The van der Waals surface area contributed by atoms with Gasteiger partial charge in [0.25, 0.3) is 0 Å². The van der Waals surface area contributed by atoms with Crippen molar-refractivity contribution in [2.75, 3.05) is 19.6 Å². The molecule has 1 unspecified atom stereocenters. The molecule has 0 bridgehead atoms. The van der Waals surface area contributed by atoms with Gasteiger partial charge in [-0.15, -0.1) is 0 Å². The summed E-state index contributed by atoms with van der Waals surface area (Å²) < 4.78 is 0. The number of carbonyl (C=O) groups is 1. The van der Waals surface area contributed by atoms with Crippen molar-refractivity contribution in [3.63, 3.8) is 0 Å². The number of rotatable bonds is 7. The zero-order chi connectivity index (χ0) is 20.6. The van der Waals surface area contributed by atoms with Crippen molar-refractivity contribution < 1.29 is 4.79 Å². The summed E-state index contributed by atoms with van der Waals surface area (Å²) in [6.45, 7) is 7.44. The number of imidazole rings is 1. The molecule has 0 spiro atoms. The van der Waals surface area contributed by atoms with E-state index in [4.69, 9.17) is 0 Å². The van der Waals surface area contributed by atoms with Crippen molar-refractivity contribution in [3.05, 3.63) is 78.1 Å². The SMILES string of the molecule is C=C(CN1CCCC1)C(NC(=O)C1(c2ccc3nc[nH]c3c2)CC1)c1ccccc1. The quantitative estimate of drug-likeness (QED) is 0.587. The molecule has 1 aliphatic heterocycles. The van der Waals surface area contributed by atoms with E-state index in [0.29, 0.717) is 0 Å². The number of hydrogen-bond donors (Lipinski definition) is 2. The minimum atomic E-state index is -0.444. The lowest BCUT2D eigenvalue weighted by molar-refractivity contribution is -0.124. The summed E-state index contributed by atoms with van der Waals surface area (Å²) in [6, 6.07) is 16.2. The maximum atomic E-state index is 13.5. The maximum absolute atomic E-state index is 13.5. The second kappa shape index (κ2) is 7.73. The van der Waals surface area contributed by atoms with Gasteiger partial charge in [0.2, 0.25) is 5.91 Å². The second-order valence-corrected chi connectivity index (χ2v) is 8.68. The van der Waals surface area contributed by atoms with Crippen molar-refractivity contribution in [1.29, 1.82) is 0 Å². The molecule has 2 heterocycles. The summed E-state index contributed by atoms with van der Waals surface area (Å²) >= 11 is 0. The van der Waals surface area contributed by atoms with Crippen molar-refractivity contribution >= 4 is 16.9 Å². The summed E-state index contributed by atoms with van der Waals surface area (Å²) in [5.41, 5.74) is 4.67. The van der Waals surface area contributed by atoms with Crippen LogP contribution in [0.5, 0.6) is 0 Å². The first-order valence-electron chi connectivity index (χ1n) is 10.9. The van der Waals surface area contributed by atoms with Crippen molar-refractivity contribution in [2.24, 2.45) is 0 Å². The Labute approximate surface area is 177 Å². The number of likely N-dealkylation sites (tertiary alicyclic amines) is 1. The van der Waals surface area contributed by atoms with Crippen LogP contribution in [0.1, 0.15) is 42.9 Å². The van der Waals surface area contributed by atoms with Gasteiger partial charge in [-0.3, -0.25) is 9.69 Å². The van der Waals surface area contributed by atoms with Crippen molar-refractivity contribution in [1.82, 2.24) is 20.2 Å². The molecule has 1 atom stereocenters. The normalized spacial score (nSPS) is 18.9. The fraction of sp³-hybridized carbons (Fsp3) is 0.360. The Balaban J connectivity index is 1.39. The van der Waals surface area contributed by atoms with Crippen LogP contribution < -0.4 is 5.32 Å². The van der Waals surface area contributed by atoms with E-state index in [1.807, 2.05) is 30.3 Å². The van der Waals surface area contributed by atoms with Crippen LogP contribution in [0.15, 0.2) is 67.0 Å². The number of H-pyrrole nitrogens is 1. The monoisotopic (exact) mass is 400 g/mol. The zero-order valence-electron chi connectivity index (χ0n) is 17.2. The Morgan fingerprint density at radius 3 is 2.67 bits per heavy atom. The Morgan fingerprint density at radius 1 is 1.17 bits per heavy atom. The van der Waals surface area contributed by atoms with Gasteiger partial charge in [-0.05, 0) is 67.6 Å². The van der Waals surface area contributed by atoms with E-state index in [-0.39, 0.29) is 11.9 Å². The molecule has 2 aliphatic rings. The van der Waals surface area contributed by atoms with Crippen molar-refractivity contribution in [3.8, 4) is 0 Å². The number of amides is 1. The molecule has 2 fully saturated rings. The van der Waals surface area contributed by atoms with Crippen LogP contribution >= 0.6 is 0 Å². The molecule has 2 aromatic carbocycles. The molecular weight excluding hydrogens is 372 g/mol. The Kier molecular flexibility index (Phi) is 4.91. The number of benzene rings is 2. The van der Waals surface area contributed by atoms with Gasteiger partial charge >= 0.3 is 0 Å². The van der Waals surface area contributed by atoms with E-state index in [1.165, 1.54) is 12.8 Å². The average molecular weight is 401 g/mol. The molecule has 1 amide bonds. The Bertz CT molecular complexity index is 1060. The summed E-state index contributed by atoms with van der Waals surface area (Å²) in [7, 11) is 0. The molecule has 1 saturated heterocycles. The van der Waals surface area contributed by atoms with Crippen LogP contribution in [0.2, 0.25) is 0 Å². The topological polar surface area (TPSA) is 61.0 Å². The van der Waals surface area contributed by atoms with Crippen LogP contribution in [-0.2, 0) is 10.2 Å². The molecular formula is C25H28N4O. The van der Waals surface area contributed by atoms with Gasteiger partial charge in [-0.2, -0.15) is 0 Å². The number of nitrogens with one attached hydrogen (secondary N) is 2. The molecule has 3 aromatic rings. The van der Waals surface area contributed by atoms with Gasteiger partial charge in [0.1, 0.15) is 0 Å². The Hall–Kier alpha value is -2.92. The van der Waals surface area contributed by atoms with Gasteiger partial charge < -0.3 is 10.3 Å². The summed E-state index contributed by atoms with van der Waals surface area (Å²) in [5, 5.41) is 3.36. The third-order valence-corrected chi connectivity index (χ3v) is 6.60. The van der Waals surface area contributed by atoms with Crippen LogP contribution in [0.4, 0.5) is 0 Å². The predicted molar refractivity (Wildman–Crippen MR) is 119 cm³/mol. The standard InChI is InChI=1S/C25H28N4O/c1-18(16-29-13-5-6-14-29)23(19-7-3-2-4-8-19)28-24(30)25(11-12-25)20-9-10-21-22(15-20)27-17-26-21/h2-4,7-10,15,17,23H,1,5-6,11-14,16H2,(H,26,27)(H,28,30). The molecule has 0 radical (unpaired) electrons. The van der Waals surface area contributed by atoms with E-state index in [1.54, 1.807) is 6.33 Å². The first-order valence-corrected chi connectivity index (χ1v) is 10.9. The summed E-state index contributed by atoms with van der Waals surface area (Å²) in [4.78, 5) is 23.4. The number of hydrogen-bond acceptors (Lipinski definition) is 3. The number of nitrogens with zero attached hydrogens (tertiary/aromatic N) is 2. The molecule has 5 heteroatoms. The highest BCUT2D eigenvalue weighted by molar-refractivity contribution is 5.93. The first-order chi connectivity index (χ1) is 14.7. The van der Waals surface area contributed by atoms with Crippen molar-refractivity contribution in [2.45, 2.75) is 37.1 Å². The van der Waals surface area contributed by atoms with Crippen LogP contribution in [0, 0.1) is 0 Å². The average Bonchev–Trinajstić information content (AvgIpc) is 3.18. The fourth-order valence-corrected chi connectivity index (χ4v) is 4.66. The summed E-state index contributed by atoms with van der Waals surface area (Å²) in [6.07, 6.45) is 5.93. The lowest BCUT2D eigenvalue weighted by atomic mass is 9.92. The third kappa shape index (κ3) is 3.54. The van der Waals surface area contributed by atoms with E-state index in [9.17, 15) is 4.79 Å². The number of aromatic amines is 1. The lowest BCUT2D eigenvalue weighted by Gasteiger charge is -2.27. The largest absolute Gasteiger partial charge is 0.345 e. The molecule has 1 aromatic heterocycles. The summed E-state index contributed by atoms with van der Waals surface area (Å²) in [5.74, 6) is 0.0952. The van der Waals surface area contributed by atoms with Gasteiger partial charge in [0.15, 0.2) is 0 Å². The fourth-order valence-electron chi connectivity index (χ4n) is 4.66. The number of aromatic nitrogens is 2. The van der Waals surface area contributed by atoms with E-state index in [0.717, 1.165) is 60.2 Å². The lowest BCUT2D eigenvalue weighted by Crippen LogP contribution is -2.39. The maximum Gasteiger partial charge on any atom is 0.231 e. The third-order valence-electron chi connectivity index (χ3n) is 6.60. The second-order valence-electron chi connectivity index (χ2n) is 8.68. The van der Waals surface area contributed by atoms with Gasteiger partial charge in [-0.25, -0.2) is 4.98 Å². The highest BCUT2D eigenvalue weighted by Gasteiger charge is 2.52. The van der Waals surface area contributed by atoms with Crippen LogP contribution in [-0.4, -0.2) is 40.4 Å². The molecule has 1 aliphatic carbocycles. The van der Waals surface area contributed by atoms with Gasteiger partial charge in [0, 0.05) is 6.54 Å². The highest BCUT2D eigenvalue weighted by Crippen LogP contribution is 2.49. The number of fused-ring (bicyclic) bond motifs is 1. The molecule has 2 N–H and O–H groups in total. The molecule has 5 nitrogen and oxygen atoms in total. The van der Waals surface area contributed by atoms with Crippen LogP contribution in [0.25, 0.3) is 11.0 Å². The van der Waals surface area contributed by atoms with Crippen LogP contribution in [0.3, 0.4) is 0 Å². The smallest absolute Gasteiger partial charge is 0.231 e. The highest BCUT2D eigenvalue weighted by atomic mass is 16.2. The first kappa shape index (κ1) is 19.1. The molecule has 30 heavy (non-hydrogen) atoms. The minimum absolute atomic E-state index is 0.0952. The van der Waals surface area contributed by atoms with E-state index in [2.05, 4.69) is 45.0 Å². The Morgan fingerprint density at radius 2 is 1.93 bits per heavy atom. The number of carbonyl (C=O) groups excluding carboxylic acids is 1. The van der Waals surface area contributed by atoms with Gasteiger partial charge in [0.05, 0.1) is 28.8 Å². The molecule has 154 valence electrons. The van der Waals surface area contributed by atoms with E-state index < -0.39 is 5.41 Å².